The van der Waals surface area contributed by atoms with E-state index < -0.39 is 0 Å². The molecule has 2 N–H and O–H groups in total. The van der Waals surface area contributed by atoms with Crippen LogP contribution in [0.5, 0.6) is 0 Å². The van der Waals surface area contributed by atoms with Crippen LogP contribution in [-0.4, -0.2) is 66.9 Å². The first-order valence-corrected chi connectivity index (χ1v) is 9.77. The van der Waals surface area contributed by atoms with Gasteiger partial charge in [0.05, 0.1) is 11.8 Å². The van der Waals surface area contributed by atoms with Crippen LogP contribution in [0.1, 0.15) is 27.3 Å². The number of furan rings is 1. The smallest absolute Gasteiger partial charge is 0.291 e. The number of anilines is 1. The van der Waals surface area contributed by atoms with Crippen molar-refractivity contribution in [2.75, 3.05) is 44.6 Å². The molecule has 9 heteroatoms. The van der Waals surface area contributed by atoms with E-state index in [1.807, 2.05) is 10.3 Å². The molecule has 1 atom stereocenters. The predicted molar refractivity (Wildman–Crippen MR) is 107 cm³/mol. The molecular weight excluding hydrogens is 388 g/mol. The van der Waals surface area contributed by atoms with Crippen LogP contribution in [0.15, 0.2) is 34.3 Å². The number of halogens is 1. The summed E-state index contributed by atoms with van der Waals surface area (Å²) < 4.78 is 5.11. The van der Waals surface area contributed by atoms with Crippen molar-refractivity contribution in [2.45, 2.75) is 12.5 Å². The second-order valence-electron chi connectivity index (χ2n) is 6.57. The topological polar surface area (TPSA) is 77.8 Å². The van der Waals surface area contributed by atoms with Gasteiger partial charge in [0.25, 0.3) is 11.8 Å². The molecule has 0 aliphatic carbocycles. The molecule has 2 aromatic heterocycles. The van der Waals surface area contributed by atoms with E-state index in [0.717, 1.165) is 45.7 Å². The number of thiophene rings is 1. The van der Waals surface area contributed by atoms with E-state index in [9.17, 15) is 9.59 Å². The summed E-state index contributed by atoms with van der Waals surface area (Å²) in [6, 6.07) is 5.47. The van der Waals surface area contributed by atoms with Crippen LogP contribution in [0.25, 0.3) is 0 Å². The van der Waals surface area contributed by atoms with E-state index in [-0.39, 0.29) is 30.0 Å². The second kappa shape index (κ2) is 8.88. The van der Waals surface area contributed by atoms with Crippen molar-refractivity contribution in [2.24, 2.45) is 0 Å². The summed E-state index contributed by atoms with van der Waals surface area (Å²) in [5, 5.41) is 8.55. The zero-order valence-corrected chi connectivity index (χ0v) is 16.5. The number of rotatable bonds is 4. The van der Waals surface area contributed by atoms with Crippen LogP contribution in [0.2, 0.25) is 0 Å². The molecule has 2 amide bonds. The number of likely N-dealkylation sites (tertiary alicyclic amines) is 1. The fourth-order valence-electron chi connectivity index (χ4n) is 3.59. The summed E-state index contributed by atoms with van der Waals surface area (Å²) in [4.78, 5) is 29.5. The lowest BCUT2D eigenvalue weighted by atomic mass is 10.2. The quantitative estimate of drug-likeness (QED) is 0.807. The highest BCUT2D eigenvalue weighted by Gasteiger charge is 2.32. The van der Waals surface area contributed by atoms with Gasteiger partial charge in [0, 0.05) is 45.3 Å². The number of carbonyl (C=O) groups excluding carboxylic acids is 2. The molecule has 0 spiro atoms. The van der Waals surface area contributed by atoms with Crippen molar-refractivity contribution in [1.29, 1.82) is 0 Å². The second-order valence-corrected chi connectivity index (χ2v) is 7.49. The number of nitrogens with zero attached hydrogens (tertiary/aromatic N) is 2. The van der Waals surface area contributed by atoms with E-state index >= 15 is 0 Å². The lowest BCUT2D eigenvalue weighted by Gasteiger charge is -2.32. The van der Waals surface area contributed by atoms with Crippen LogP contribution in [0.3, 0.4) is 0 Å². The van der Waals surface area contributed by atoms with Crippen molar-refractivity contribution >= 4 is 40.6 Å². The van der Waals surface area contributed by atoms with E-state index in [1.165, 1.54) is 17.6 Å². The molecule has 2 saturated heterocycles. The zero-order valence-electron chi connectivity index (χ0n) is 14.8. The Morgan fingerprint density at radius 1 is 1.22 bits per heavy atom. The highest BCUT2D eigenvalue weighted by Crippen LogP contribution is 2.27. The molecule has 1 unspecified atom stereocenters. The predicted octanol–water partition coefficient (Wildman–Crippen LogP) is 2.13. The third-order valence-electron chi connectivity index (χ3n) is 4.99. The Balaban J connectivity index is 0.00000210. The molecule has 27 heavy (non-hydrogen) atoms. The van der Waals surface area contributed by atoms with Crippen LogP contribution < -0.4 is 10.6 Å². The van der Waals surface area contributed by atoms with E-state index in [2.05, 4.69) is 15.5 Å². The first-order chi connectivity index (χ1) is 12.7. The molecule has 4 rings (SSSR count). The molecule has 2 aliphatic rings. The normalized spacial score (nSPS) is 20.3. The Morgan fingerprint density at radius 3 is 2.78 bits per heavy atom. The molecule has 146 valence electrons. The molecular formula is C18H23ClN4O3S. The Bertz CT molecular complexity index is 773. The summed E-state index contributed by atoms with van der Waals surface area (Å²) in [6.07, 6.45) is 2.46. The molecule has 7 nitrogen and oxygen atoms in total. The monoisotopic (exact) mass is 410 g/mol. The van der Waals surface area contributed by atoms with Gasteiger partial charge in [0.15, 0.2) is 5.76 Å². The summed E-state index contributed by atoms with van der Waals surface area (Å²) in [5.41, 5.74) is 0.552. The molecule has 0 bridgehead atoms. The molecule has 0 radical (unpaired) electrons. The van der Waals surface area contributed by atoms with Gasteiger partial charge < -0.3 is 20.0 Å². The number of piperazine rings is 1. The highest BCUT2D eigenvalue weighted by molar-refractivity contribution is 7.14. The molecule has 4 heterocycles. The standard InChI is InChI=1S/C18H22N4O3S.ClH/c23-16(15-2-1-10-25-15)20-17-14(4-11-26-17)18(24)22-7-3-13(12-22)21-8-5-19-6-9-21;/h1-2,4,10-11,13,19H,3,5-9,12H2,(H,20,23);1H. The largest absolute Gasteiger partial charge is 0.459 e. The van der Waals surface area contributed by atoms with Crippen molar-refractivity contribution in [3.63, 3.8) is 0 Å². The van der Waals surface area contributed by atoms with Gasteiger partial charge in [-0.3, -0.25) is 14.5 Å². The number of carbonyl (C=O) groups is 2. The minimum absolute atomic E-state index is 0. The maximum Gasteiger partial charge on any atom is 0.291 e. The van der Waals surface area contributed by atoms with Crippen molar-refractivity contribution < 1.29 is 14.0 Å². The Labute approximate surface area is 168 Å². The minimum Gasteiger partial charge on any atom is -0.459 e. The summed E-state index contributed by atoms with van der Waals surface area (Å²) in [5.74, 6) is -0.123. The molecule has 0 saturated carbocycles. The van der Waals surface area contributed by atoms with Gasteiger partial charge in [0.1, 0.15) is 5.00 Å². The summed E-state index contributed by atoms with van der Waals surface area (Å²) in [6.45, 7) is 5.61. The number of hydrogen-bond acceptors (Lipinski definition) is 6. The van der Waals surface area contributed by atoms with Crippen LogP contribution in [-0.2, 0) is 0 Å². The fraction of sp³-hybridized carbons (Fsp3) is 0.444. The molecule has 2 aliphatic heterocycles. The maximum atomic E-state index is 13.0. The number of nitrogens with one attached hydrogen (secondary N) is 2. The van der Waals surface area contributed by atoms with Crippen LogP contribution in [0.4, 0.5) is 5.00 Å². The van der Waals surface area contributed by atoms with Gasteiger partial charge in [0.2, 0.25) is 0 Å². The lowest BCUT2D eigenvalue weighted by Crippen LogP contribution is -2.49. The Hall–Kier alpha value is -1.87. The Morgan fingerprint density at radius 2 is 2.04 bits per heavy atom. The van der Waals surface area contributed by atoms with Crippen LogP contribution >= 0.6 is 23.7 Å². The Kier molecular flexibility index (Phi) is 6.54. The van der Waals surface area contributed by atoms with E-state index in [4.69, 9.17) is 4.42 Å². The van der Waals surface area contributed by atoms with Gasteiger partial charge in [-0.25, -0.2) is 0 Å². The van der Waals surface area contributed by atoms with Crippen molar-refractivity contribution in [3.8, 4) is 0 Å². The molecule has 0 aromatic carbocycles. The van der Waals surface area contributed by atoms with Crippen molar-refractivity contribution in [1.82, 2.24) is 15.1 Å². The zero-order chi connectivity index (χ0) is 17.9. The third kappa shape index (κ3) is 4.35. The SMILES string of the molecule is Cl.O=C(Nc1sccc1C(=O)N1CCC(N2CCNCC2)C1)c1ccco1. The highest BCUT2D eigenvalue weighted by atomic mass is 35.5. The van der Waals surface area contributed by atoms with Crippen molar-refractivity contribution in [3.05, 3.63) is 41.2 Å². The minimum atomic E-state index is -0.341. The first-order valence-electron chi connectivity index (χ1n) is 8.89. The fourth-order valence-corrected chi connectivity index (χ4v) is 4.36. The number of hydrogen-bond donors (Lipinski definition) is 2. The van der Waals surface area contributed by atoms with E-state index in [1.54, 1.807) is 18.2 Å². The van der Waals surface area contributed by atoms with Crippen LogP contribution in [0, 0.1) is 0 Å². The molecule has 2 aromatic rings. The van der Waals surface area contributed by atoms with Gasteiger partial charge in [-0.1, -0.05) is 0 Å². The summed E-state index contributed by atoms with van der Waals surface area (Å²) >= 11 is 1.35. The first kappa shape index (κ1) is 19.9. The van der Waals surface area contributed by atoms with Gasteiger partial charge >= 0.3 is 0 Å². The molecule has 2 fully saturated rings. The third-order valence-corrected chi connectivity index (χ3v) is 5.82. The number of amides is 2. The lowest BCUT2D eigenvalue weighted by molar-refractivity contribution is 0.0775. The average Bonchev–Trinajstić information content (AvgIpc) is 3.42. The van der Waals surface area contributed by atoms with Gasteiger partial charge in [-0.15, -0.1) is 23.7 Å². The maximum absolute atomic E-state index is 13.0. The summed E-state index contributed by atoms with van der Waals surface area (Å²) in [7, 11) is 0. The van der Waals surface area contributed by atoms with Gasteiger partial charge in [-0.2, -0.15) is 0 Å². The average molecular weight is 411 g/mol. The van der Waals surface area contributed by atoms with E-state index in [0.29, 0.717) is 16.6 Å². The van der Waals surface area contributed by atoms with Gasteiger partial charge in [-0.05, 0) is 30.0 Å².